The Bertz CT molecular complexity index is 383. The number of nitrogens with zero attached hydrogens (tertiary/aromatic N) is 1. The topological polar surface area (TPSA) is 42.0 Å². The smallest absolute Gasteiger partial charge is 0.183 e. The molecule has 1 aromatic heterocycles. The minimum absolute atomic E-state index is 0.0700. The average molecular weight is 206 g/mol. The van der Waals surface area contributed by atoms with Crippen LogP contribution in [0.2, 0.25) is 0 Å². The summed E-state index contributed by atoms with van der Waals surface area (Å²) in [5.74, 6) is 0.0700. The Morgan fingerprint density at radius 3 is 2.47 bits per heavy atom. The number of pyridine rings is 1. The summed E-state index contributed by atoms with van der Waals surface area (Å²) < 4.78 is 0. The van der Waals surface area contributed by atoms with E-state index in [1.54, 1.807) is 13.2 Å². The second-order valence-electron chi connectivity index (χ2n) is 4.33. The van der Waals surface area contributed by atoms with E-state index in [4.69, 9.17) is 0 Å². The lowest BCUT2D eigenvalue weighted by Crippen LogP contribution is -2.44. The van der Waals surface area contributed by atoms with Crippen molar-refractivity contribution in [1.29, 1.82) is 0 Å². The van der Waals surface area contributed by atoms with E-state index in [0.717, 1.165) is 11.3 Å². The normalized spacial score (nSPS) is 11.5. The first-order valence-electron chi connectivity index (χ1n) is 5.05. The number of aromatic nitrogens is 1. The molecule has 0 spiro atoms. The molecule has 0 radical (unpaired) electrons. The molecule has 0 bridgehead atoms. The molecular formula is C12H18N2O. The number of rotatable bonds is 3. The molecular weight excluding hydrogens is 188 g/mol. The summed E-state index contributed by atoms with van der Waals surface area (Å²) in [5, 5.41) is 3.00. The first kappa shape index (κ1) is 11.9. The first-order valence-corrected chi connectivity index (χ1v) is 5.05. The van der Waals surface area contributed by atoms with Crippen LogP contribution in [0.1, 0.15) is 35.5 Å². The predicted octanol–water partition coefficient (Wildman–Crippen LogP) is 1.88. The summed E-state index contributed by atoms with van der Waals surface area (Å²) in [6, 6.07) is 1.89. The SMILES string of the molecule is CNC(C)(C)C(=O)c1cnc(C)c(C)c1. The Hall–Kier alpha value is -1.22. The quantitative estimate of drug-likeness (QED) is 0.768. The van der Waals surface area contributed by atoms with Crippen molar-refractivity contribution in [1.82, 2.24) is 10.3 Å². The molecule has 1 N–H and O–H groups in total. The van der Waals surface area contributed by atoms with Crippen LogP contribution < -0.4 is 5.32 Å². The van der Waals surface area contributed by atoms with E-state index in [9.17, 15) is 4.79 Å². The summed E-state index contributed by atoms with van der Waals surface area (Å²) in [4.78, 5) is 16.3. The van der Waals surface area contributed by atoms with Crippen molar-refractivity contribution in [2.45, 2.75) is 33.2 Å². The average Bonchev–Trinajstić information content (AvgIpc) is 2.21. The number of carbonyl (C=O) groups excluding carboxylic acids is 1. The lowest BCUT2D eigenvalue weighted by Gasteiger charge is -2.22. The number of hydrogen-bond acceptors (Lipinski definition) is 3. The second kappa shape index (κ2) is 4.11. The van der Waals surface area contributed by atoms with Crippen molar-refractivity contribution in [3.05, 3.63) is 29.1 Å². The fourth-order valence-corrected chi connectivity index (χ4v) is 1.24. The van der Waals surface area contributed by atoms with Crippen LogP contribution >= 0.6 is 0 Å². The zero-order valence-electron chi connectivity index (χ0n) is 10.0. The summed E-state index contributed by atoms with van der Waals surface area (Å²) in [5.41, 5.74) is 2.14. The maximum absolute atomic E-state index is 12.1. The maximum Gasteiger partial charge on any atom is 0.183 e. The monoisotopic (exact) mass is 206 g/mol. The van der Waals surface area contributed by atoms with Gasteiger partial charge in [0.15, 0.2) is 5.78 Å². The van der Waals surface area contributed by atoms with Crippen molar-refractivity contribution in [2.75, 3.05) is 7.05 Å². The molecule has 0 fully saturated rings. The fourth-order valence-electron chi connectivity index (χ4n) is 1.24. The molecule has 0 aliphatic carbocycles. The molecule has 3 heteroatoms. The standard InChI is InChI=1S/C12H18N2O/c1-8-6-10(7-14-9(8)2)11(15)12(3,4)13-5/h6-7,13H,1-5H3. The summed E-state index contributed by atoms with van der Waals surface area (Å²) in [6.07, 6.45) is 1.64. The highest BCUT2D eigenvalue weighted by Gasteiger charge is 2.26. The fraction of sp³-hybridized carbons (Fsp3) is 0.500. The third-order valence-corrected chi connectivity index (χ3v) is 2.79. The van der Waals surface area contributed by atoms with Crippen LogP contribution in [0.4, 0.5) is 0 Å². The van der Waals surface area contributed by atoms with E-state index in [0.29, 0.717) is 5.56 Å². The van der Waals surface area contributed by atoms with Crippen LogP contribution in [0.5, 0.6) is 0 Å². The third-order valence-electron chi connectivity index (χ3n) is 2.79. The van der Waals surface area contributed by atoms with Gasteiger partial charge in [0.25, 0.3) is 0 Å². The van der Waals surface area contributed by atoms with Gasteiger partial charge in [0.2, 0.25) is 0 Å². The maximum atomic E-state index is 12.1. The van der Waals surface area contributed by atoms with Gasteiger partial charge >= 0.3 is 0 Å². The molecule has 1 aromatic rings. The van der Waals surface area contributed by atoms with Gasteiger partial charge in [0.05, 0.1) is 5.54 Å². The van der Waals surface area contributed by atoms with E-state index in [1.165, 1.54) is 0 Å². The summed E-state index contributed by atoms with van der Waals surface area (Å²) in [7, 11) is 1.78. The Kier molecular flexibility index (Phi) is 3.25. The van der Waals surface area contributed by atoms with Crippen LogP contribution in [0, 0.1) is 13.8 Å². The van der Waals surface area contributed by atoms with Gasteiger partial charge in [-0.05, 0) is 46.4 Å². The minimum atomic E-state index is -0.538. The minimum Gasteiger partial charge on any atom is -0.308 e. The molecule has 15 heavy (non-hydrogen) atoms. The van der Waals surface area contributed by atoms with Crippen LogP contribution in [0.3, 0.4) is 0 Å². The molecule has 0 unspecified atom stereocenters. The van der Waals surface area contributed by atoms with E-state index >= 15 is 0 Å². The van der Waals surface area contributed by atoms with Gasteiger partial charge in [-0.15, -0.1) is 0 Å². The van der Waals surface area contributed by atoms with Crippen molar-refractivity contribution < 1.29 is 4.79 Å². The lowest BCUT2D eigenvalue weighted by atomic mass is 9.93. The number of likely N-dealkylation sites (N-methyl/N-ethyl adjacent to an activating group) is 1. The number of ketones is 1. The second-order valence-corrected chi connectivity index (χ2v) is 4.33. The molecule has 0 atom stereocenters. The number of carbonyl (C=O) groups is 1. The van der Waals surface area contributed by atoms with Crippen molar-refractivity contribution in [3.63, 3.8) is 0 Å². The van der Waals surface area contributed by atoms with E-state index in [2.05, 4.69) is 10.3 Å². The van der Waals surface area contributed by atoms with Crippen LogP contribution in [0.15, 0.2) is 12.3 Å². The van der Waals surface area contributed by atoms with Gasteiger partial charge in [0.1, 0.15) is 0 Å². The number of hydrogen-bond donors (Lipinski definition) is 1. The van der Waals surface area contributed by atoms with E-state index in [-0.39, 0.29) is 5.78 Å². The third kappa shape index (κ3) is 2.42. The van der Waals surface area contributed by atoms with Crippen molar-refractivity contribution in [3.8, 4) is 0 Å². The Morgan fingerprint density at radius 1 is 1.40 bits per heavy atom. The largest absolute Gasteiger partial charge is 0.308 e. The van der Waals surface area contributed by atoms with Gasteiger partial charge < -0.3 is 5.32 Å². The Balaban J connectivity index is 3.08. The van der Waals surface area contributed by atoms with Crippen molar-refractivity contribution >= 4 is 5.78 Å². The van der Waals surface area contributed by atoms with Gasteiger partial charge in [-0.3, -0.25) is 9.78 Å². The molecule has 1 heterocycles. The molecule has 82 valence electrons. The highest BCUT2D eigenvalue weighted by Crippen LogP contribution is 2.14. The molecule has 0 saturated carbocycles. The molecule has 0 amide bonds. The highest BCUT2D eigenvalue weighted by molar-refractivity contribution is 6.02. The summed E-state index contributed by atoms with van der Waals surface area (Å²) in [6.45, 7) is 7.63. The van der Waals surface area contributed by atoms with Crippen LogP contribution in [0.25, 0.3) is 0 Å². The number of nitrogens with one attached hydrogen (secondary N) is 1. The van der Waals surface area contributed by atoms with Gasteiger partial charge in [-0.2, -0.15) is 0 Å². The van der Waals surface area contributed by atoms with E-state index < -0.39 is 5.54 Å². The van der Waals surface area contributed by atoms with Crippen LogP contribution in [-0.4, -0.2) is 23.4 Å². The molecule has 1 rings (SSSR count). The van der Waals surface area contributed by atoms with Crippen LogP contribution in [-0.2, 0) is 0 Å². The number of aryl methyl sites for hydroxylation is 2. The Labute approximate surface area is 90.9 Å². The number of Topliss-reactive ketones (excluding diaryl/α,β-unsaturated/α-hetero) is 1. The zero-order valence-corrected chi connectivity index (χ0v) is 10.0. The first-order chi connectivity index (χ1) is 6.88. The summed E-state index contributed by atoms with van der Waals surface area (Å²) >= 11 is 0. The van der Waals surface area contributed by atoms with Gasteiger partial charge in [-0.25, -0.2) is 0 Å². The molecule has 0 saturated heterocycles. The van der Waals surface area contributed by atoms with Crippen molar-refractivity contribution in [2.24, 2.45) is 0 Å². The van der Waals surface area contributed by atoms with Gasteiger partial charge in [0, 0.05) is 17.5 Å². The highest BCUT2D eigenvalue weighted by atomic mass is 16.1. The molecule has 0 aliphatic rings. The van der Waals surface area contributed by atoms with E-state index in [1.807, 2.05) is 33.8 Å². The lowest BCUT2D eigenvalue weighted by molar-refractivity contribution is 0.0889. The molecule has 0 aromatic carbocycles. The predicted molar refractivity (Wildman–Crippen MR) is 61.2 cm³/mol. The van der Waals surface area contributed by atoms with Gasteiger partial charge in [-0.1, -0.05) is 0 Å². The molecule has 0 aliphatic heterocycles. The zero-order chi connectivity index (χ0) is 11.6. The molecule has 3 nitrogen and oxygen atoms in total. The Morgan fingerprint density at radius 2 is 2.00 bits per heavy atom.